The number of ether oxygens (including phenoxy) is 2. The van der Waals surface area contributed by atoms with Crippen LogP contribution in [0, 0.1) is 0 Å². The van der Waals surface area contributed by atoms with Crippen molar-refractivity contribution in [2.24, 2.45) is 0 Å². The number of carbonyl (C=O) groups excluding carboxylic acids is 1. The molecule has 1 unspecified atom stereocenters. The van der Waals surface area contributed by atoms with Gasteiger partial charge in [-0.25, -0.2) is 0 Å². The number of aromatic nitrogens is 3. The molecule has 0 saturated heterocycles. The number of nitrogens with zero attached hydrogens (tertiary/aromatic N) is 3. The van der Waals surface area contributed by atoms with Crippen LogP contribution in [0.25, 0.3) is 11.4 Å². The fraction of sp³-hybridized carbons (Fsp3) is 0.318. The average Bonchev–Trinajstić information content (AvgIpc) is 3.16. The Morgan fingerprint density at radius 3 is 2.53 bits per heavy atom. The zero-order valence-electron chi connectivity index (χ0n) is 17.2. The summed E-state index contributed by atoms with van der Waals surface area (Å²) in [5.41, 5.74) is 1.44. The molecule has 0 N–H and O–H groups in total. The minimum Gasteiger partial charge on any atom is -0.497 e. The molecule has 0 aliphatic rings. The summed E-state index contributed by atoms with van der Waals surface area (Å²) in [6, 6.07) is 14.7. The van der Waals surface area contributed by atoms with Crippen LogP contribution in [-0.4, -0.2) is 46.6 Å². The van der Waals surface area contributed by atoms with Gasteiger partial charge < -0.3 is 14.0 Å². The summed E-state index contributed by atoms with van der Waals surface area (Å²) in [5, 5.41) is 9.69. The molecule has 6 nitrogen and oxygen atoms in total. The molecule has 0 bridgehead atoms. The van der Waals surface area contributed by atoms with Gasteiger partial charge in [0, 0.05) is 31.4 Å². The van der Waals surface area contributed by atoms with Crippen molar-refractivity contribution in [3.05, 3.63) is 59.1 Å². The topological polar surface area (TPSA) is 66.2 Å². The number of hydrogen-bond acceptors (Lipinski definition) is 6. The van der Waals surface area contributed by atoms with E-state index in [-0.39, 0.29) is 11.0 Å². The lowest BCUT2D eigenvalue weighted by Crippen LogP contribution is -2.15. The standard InChI is InChI=1S/C22H24ClN3O3S/c1-15(20(27)16-9-11-17(29-3)12-10-16)30-22-25-24-21(26(22)13-6-14-28-2)18-7-4-5-8-19(18)23/h4-5,7-12,15H,6,13-14H2,1-3H3. The largest absolute Gasteiger partial charge is 0.497 e. The highest BCUT2D eigenvalue weighted by molar-refractivity contribution is 8.00. The minimum absolute atomic E-state index is 0.0217. The third kappa shape index (κ3) is 5.22. The van der Waals surface area contributed by atoms with E-state index in [4.69, 9.17) is 21.1 Å². The van der Waals surface area contributed by atoms with Gasteiger partial charge in [-0.1, -0.05) is 35.5 Å². The van der Waals surface area contributed by atoms with E-state index in [1.54, 1.807) is 38.5 Å². The molecule has 8 heteroatoms. The van der Waals surface area contributed by atoms with Gasteiger partial charge in [0.25, 0.3) is 0 Å². The van der Waals surface area contributed by atoms with E-state index in [0.717, 1.165) is 12.0 Å². The third-order valence-electron chi connectivity index (χ3n) is 4.59. The molecule has 0 spiro atoms. The number of benzene rings is 2. The van der Waals surface area contributed by atoms with Gasteiger partial charge in [-0.05, 0) is 49.7 Å². The first-order valence-electron chi connectivity index (χ1n) is 9.57. The first kappa shape index (κ1) is 22.3. The number of Topliss-reactive ketones (excluding diaryl/α,β-unsaturated/α-hetero) is 1. The highest BCUT2D eigenvalue weighted by atomic mass is 35.5. The average molecular weight is 446 g/mol. The van der Waals surface area contributed by atoms with Crippen molar-refractivity contribution in [1.82, 2.24) is 14.8 Å². The second kappa shape index (κ2) is 10.6. The van der Waals surface area contributed by atoms with Crippen LogP contribution in [0.2, 0.25) is 5.02 Å². The SMILES string of the molecule is COCCCn1c(SC(C)C(=O)c2ccc(OC)cc2)nnc1-c1ccccc1Cl. The van der Waals surface area contributed by atoms with Gasteiger partial charge in [0.15, 0.2) is 16.8 Å². The molecule has 2 aromatic carbocycles. The molecule has 1 heterocycles. The lowest BCUT2D eigenvalue weighted by atomic mass is 10.1. The molecular weight excluding hydrogens is 422 g/mol. The normalized spacial score (nSPS) is 12.0. The van der Waals surface area contributed by atoms with Crippen LogP contribution in [0.5, 0.6) is 5.75 Å². The summed E-state index contributed by atoms with van der Waals surface area (Å²) in [7, 11) is 3.27. The predicted molar refractivity (Wildman–Crippen MR) is 120 cm³/mol. The van der Waals surface area contributed by atoms with Crippen molar-refractivity contribution in [1.29, 1.82) is 0 Å². The van der Waals surface area contributed by atoms with Gasteiger partial charge in [-0.15, -0.1) is 10.2 Å². The van der Waals surface area contributed by atoms with Gasteiger partial charge in [-0.2, -0.15) is 0 Å². The van der Waals surface area contributed by atoms with Crippen LogP contribution in [0.4, 0.5) is 0 Å². The van der Waals surface area contributed by atoms with Crippen LogP contribution in [0.1, 0.15) is 23.7 Å². The van der Waals surface area contributed by atoms with Crippen molar-refractivity contribution in [2.45, 2.75) is 30.3 Å². The van der Waals surface area contributed by atoms with E-state index in [1.807, 2.05) is 35.8 Å². The quantitative estimate of drug-likeness (QED) is 0.248. The van der Waals surface area contributed by atoms with Crippen LogP contribution in [-0.2, 0) is 11.3 Å². The first-order chi connectivity index (χ1) is 14.5. The van der Waals surface area contributed by atoms with Gasteiger partial charge >= 0.3 is 0 Å². The minimum atomic E-state index is -0.331. The van der Waals surface area contributed by atoms with Crippen LogP contribution in [0.3, 0.4) is 0 Å². The van der Waals surface area contributed by atoms with Gasteiger partial charge in [-0.3, -0.25) is 4.79 Å². The number of thioether (sulfide) groups is 1. The monoisotopic (exact) mass is 445 g/mol. The second-order valence-corrected chi connectivity index (χ2v) is 8.35. The lowest BCUT2D eigenvalue weighted by Gasteiger charge is -2.13. The maximum atomic E-state index is 12.9. The maximum absolute atomic E-state index is 12.9. The summed E-state index contributed by atoms with van der Waals surface area (Å²) in [5.74, 6) is 1.42. The Morgan fingerprint density at radius 1 is 1.13 bits per heavy atom. The van der Waals surface area contributed by atoms with Crippen LogP contribution in [0.15, 0.2) is 53.7 Å². The lowest BCUT2D eigenvalue weighted by molar-refractivity contribution is 0.0993. The van der Waals surface area contributed by atoms with Crippen molar-refractivity contribution < 1.29 is 14.3 Å². The van der Waals surface area contributed by atoms with Gasteiger partial charge in [0.2, 0.25) is 0 Å². The Balaban J connectivity index is 1.85. The summed E-state index contributed by atoms with van der Waals surface area (Å²) in [4.78, 5) is 12.9. The van der Waals surface area contributed by atoms with Crippen molar-refractivity contribution >= 4 is 29.1 Å². The van der Waals surface area contributed by atoms with Gasteiger partial charge in [0.1, 0.15) is 5.75 Å². The molecule has 0 fully saturated rings. The molecule has 0 saturated carbocycles. The zero-order valence-corrected chi connectivity index (χ0v) is 18.7. The number of carbonyl (C=O) groups is 1. The predicted octanol–water partition coefficient (Wildman–Crippen LogP) is 5.01. The Hall–Kier alpha value is -2.35. The van der Waals surface area contributed by atoms with Crippen molar-refractivity contribution in [3.8, 4) is 17.1 Å². The Kier molecular flexibility index (Phi) is 7.90. The fourth-order valence-corrected chi connectivity index (χ4v) is 4.16. The molecular formula is C22H24ClN3O3S. The van der Waals surface area contributed by atoms with E-state index in [1.165, 1.54) is 11.8 Å². The fourth-order valence-electron chi connectivity index (χ4n) is 2.99. The van der Waals surface area contributed by atoms with Gasteiger partial charge in [0.05, 0.1) is 17.4 Å². The van der Waals surface area contributed by atoms with Crippen molar-refractivity contribution in [2.75, 3.05) is 20.8 Å². The van der Waals surface area contributed by atoms with Crippen LogP contribution < -0.4 is 4.74 Å². The number of ketones is 1. The Bertz CT molecular complexity index is 992. The smallest absolute Gasteiger partial charge is 0.192 e. The molecule has 0 radical (unpaired) electrons. The first-order valence-corrected chi connectivity index (χ1v) is 10.8. The summed E-state index contributed by atoms with van der Waals surface area (Å²) in [6.45, 7) is 3.15. The van der Waals surface area contributed by atoms with E-state index in [2.05, 4.69) is 10.2 Å². The molecule has 0 aliphatic heterocycles. The second-order valence-electron chi connectivity index (χ2n) is 6.64. The molecule has 0 amide bonds. The molecule has 3 rings (SSSR count). The molecule has 3 aromatic rings. The Morgan fingerprint density at radius 2 is 1.87 bits per heavy atom. The molecule has 158 valence electrons. The highest BCUT2D eigenvalue weighted by Crippen LogP contribution is 2.31. The third-order valence-corrected chi connectivity index (χ3v) is 6.00. The van der Waals surface area contributed by atoms with E-state index in [9.17, 15) is 4.79 Å². The number of rotatable bonds is 10. The van der Waals surface area contributed by atoms with E-state index >= 15 is 0 Å². The van der Waals surface area contributed by atoms with E-state index in [0.29, 0.717) is 40.5 Å². The molecule has 1 aromatic heterocycles. The summed E-state index contributed by atoms with van der Waals surface area (Å²) >= 11 is 7.77. The zero-order chi connectivity index (χ0) is 21.5. The summed E-state index contributed by atoms with van der Waals surface area (Å²) < 4.78 is 12.4. The Labute approximate surface area is 185 Å². The van der Waals surface area contributed by atoms with Crippen LogP contribution >= 0.6 is 23.4 Å². The highest BCUT2D eigenvalue weighted by Gasteiger charge is 2.22. The summed E-state index contributed by atoms with van der Waals surface area (Å²) in [6.07, 6.45) is 0.792. The number of halogens is 1. The number of hydrogen-bond donors (Lipinski definition) is 0. The number of methoxy groups -OCH3 is 2. The van der Waals surface area contributed by atoms with E-state index < -0.39 is 0 Å². The molecule has 0 aliphatic carbocycles. The van der Waals surface area contributed by atoms with Crippen molar-refractivity contribution in [3.63, 3.8) is 0 Å². The molecule has 30 heavy (non-hydrogen) atoms. The molecule has 1 atom stereocenters. The maximum Gasteiger partial charge on any atom is 0.192 e.